The van der Waals surface area contributed by atoms with Crippen LogP contribution in [0.2, 0.25) is 0 Å². The Balaban J connectivity index is 2.36. The van der Waals surface area contributed by atoms with Crippen LogP contribution in [0, 0.1) is 0 Å². The summed E-state index contributed by atoms with van der Waals surface area (Å²) in [5.41, 5.74) is 0. The van der Waals surface area contributed by atoms with Crippen molar-refractivity contribution in [3.8, 4) is 0 Å². The lowest BCUT2D eigenvalue weighted by Gasteiger charge is -2.24. The van der Waals surface area contributed by atoms with Gasteiger partial charge in [0.05, 0.1) is 6.10 Å². The molecule has 1 aliphatic heterocycles. The summed E-state index contributed by atoms with van der Waals surface area (Å²) in [5.74, 6) is 0. The van der Waals surface area contributed by atoms with E-state index in [1.807, 2.05) is 20.8 Å². The number of carbonyl (C=O) groups excluding carboxylic acids is 1. The van der Waals surface area contributed by atoms with E-state index < -0.39 is 0 Å². The van der Waals surface area contributed by atoms with E-state index in [9.17, 15) is 4.79 Å². The maximum Gasteiger partial charge on any atom is 0.410 e. The maximum atomic E-state index is 11.6. The zero-order valence-electron chi connectivity index (χ0n) is 9.95. The highest BCUT2D eigenvalue weighted by Gasteiger charge is 2.21. The highest BCUT2D eigenvalue weighted by molar-refractivity contribution is 5.67. The van der Waals surface area contributed by atoms with Gasteiger partial charge in [-0.05, 0) is 40.2 Å². The molecule has 4 nitrogen and oxygen atoms in total. The van der Waals surface area contributed by atoms with Crippen molar-refractivity contribution in [1.82, 2.24) is 10.2 Å². The Morgan fingerprint density at radius 1 is 1.60 bits per heavy atom. The Hall–Kier alpha value is -0.770. The van der Waals surface area contributed by atoms with E-state index in [1.54, 1.807) is 4.90 Å². The highest BCUT2D eigenvalue weighted by Crippen LogP contribution is 2.08. The molecule has 0 aromatic rings. The minimum Gasteiger partial charge on any atom is -0.447 e. The van der Waals surface area contributed by atoms with Crippen molar-refractivity contribution in [2.75, 3.05) is 19.6 Å². The molecule has 1 unspecified atom stereocenters. The van der Waals surface area contributed by atoms with Crippen molar-refractivity contribution in [1.29, 1.82) is 0 Å². The van der Waals surface area contributed by atoms with E-state index in [2.05, 4.69) is 5.32 Å². The molecular formula is C11H22N2O2. The summed E-state index contributed by atoms with van der Waals surface area (Å²) in [6.45, 7) is 8.28. The Bertz CT molecular complexity index is 201. The number of nitrogens with zero attached hydrogens (tertiary/aromatic N) is 1. The van der Waals surface area contributed by atoms with Crippen LogP contribution in [0.4, 0.5) is 4.79 Å². The molecule has 0 aliphatic carbocycles. The first kappa shape index (κ1) is 12.3. The van der Waals surface area contributed by atoms with Gasteiger partial charge in [-0.25, -0.2) is 4.79 Å². The van der Waals surface area contributed by atoms with Crippen LogP contribution in [-0.4, -0.2) is 42.8 Å². The second-order valence-electron chi connectivity index (χ2n) is 4.26. The third kappa shape index (κ3) is 4.08. The molecule has 0 aromatic heterocycles. The van der Waals surface area contributed by atoms with E-state index in [0.29, 0.717) is 12.6 Å². The molecule has 1 heterocycles. The number of hydrogen-bond acceptors (Lipinski definition) is 3. The molecule has 0 bridgehead atoms. The van der Waals surface area contributed by atoms with Gasteiger partial charge in [-0.1, -0.05) is 0 Å². The van der Waals surface area contributed by atoms with Crippen LogP contribution in [0.5, 0.6) is 0 Å². The van der Waals surface area contributed by atoms with E-state index in [1.165, 1.54) is 6.42 Å². The van der Waals surface area contributed by atoms with Crippen LogP contribution < -0.4 is 5.32 Å². The number of ether oxygens (including phenoxy) is 1. The number of nitrogens with one attached hydrogen (secondary N) is 1. The molecule has 4 heteroatoms. The summed E-state index contributed by atoms with van der Waals surface area (Å²) in [6.07, 6.45) is 2.14. The zero-order valence-corrected chi connectivity index (χ0v) is 9.95. The third-order valence-electron chi connectivity index (χ3n) is 2.58. The van der Waals surface area contributed by atoms with Crippen LogP contribution in [0.25, 0.3) is 0 Å². The van der Waals surface area contributed by atoms with Crippen molar-refractivity contribution in [2.24, 2.45) is 0 Å². The average molecular weight is 214 g/mol. The summed E-state index contributed by atoms with van der Waals surface area (Å²) in [5, 5.41) is 3.38. The van der Waals surface area contributed by atoms with Crippen LogP contribution >= 0.6 is 0 Å². The lowest BCUT2D eigenvalue weighted by Crippen LogP contribution is -2.41. The number of likely N-dealkylation sites (N-methyl/N-ethyl adjacent to an activating group) is 1. The molecule has 1 N–H and O–H groups in total. The molecule has 15 heavy (non-hydrogen) atoms. The number of amides is 1. The molecule has 1 rings (SSSR count). The third-order valence-corrected chi connectivity index (χ3v) is 2.58. The average Bonchev–Trinajstić information content (AvgIpc) is 2.65. The van der Waals surface area contributed by atoms with E-state index in [-0.39, 0.29) is 12.2 Å². The second-order valence-corrected chi connectivity index (χ2v) is 4.26. The van der Waals surface area contributed by atoms with Gasteiger partial charge < -0.3 is 15.0 Å². The molecular weight excluding hydrogens is 192 g/mol. The van der Waals surface area contributed by atoms with Gasteiger partial charge in [-0.3, -0.25) is 0 Å². The number of hydrogen-bond donors (Lipinski definition) is 1. The normalized spacial score (nSPS) is 20.7. The monoisotopic (exact) mass is 214 g/mol. The van der Waals surface area contributed by atoms with Gasteiger partial charge in [0, 0.05) is 19.1 Å². The highest BCUT2D eigenvalue weighted by atomic mass is 16.6. The Kier molecular flexibility index (Phi) is 4.88. The standard InChI is InChI=1S/C11H22N2O2/c1-4-13(11(14)15-9(2)3)8-10-6-5-7-12-10/h9-10,12H,4-8H2,1-3H3. The Morgan fingerprint density at radius 3 is 2.80 bits per heavy atom. The Labute approximate surface area is 92.0 Å². The van der Waals surface area contributed by atoms with Crippen LogP contribution in [0.15, 0.2) is 0 Å². The Morgan fingerprint density at radius 2 is 2.33 bits per heavy atom. The van der Waals surface area contributed by atoms with Gasteiger partial charge in [0.15, 0.2) is 0 Å². The largest absolute Gasteiger partial charge is 0.447 e. The maximum absolute atomic E-state index is 11.6. The van der Waals surface area contributed by atoms with Gasteiger partial charge in [-0.2, -0.15) is 0 Å². The predicted molar refractivity (Wildman–Crippen MR) is 59.9 cm³/mol. The van der Waals surface area contributed by atoms with Gasteiger partial charge in [0.25, 0.3) is 0 Å². The zero-order chi connectivity index (χ0) is 11.3. The predicted octanol–water partition coefficient (Wildman–Crippen LogP) is 1.61. The van der Waals surface area contributed by atoms with Crippen LogP contribution in [-0.2, 0) is 4.74 Å². The number of carbonyl (C=O) groups is 1. The van der Waals surface area contributed by atoms with Gasteiger partial charge >= 0.3 is 6.09 Å². The first-order valence-corrected chi connectivity index (χ1v) is 5.82. The fourth-order valence-corrected chi connectivity index (χ4v) is 1.79. The molecule has 0 aromatic carbocycles. The van der Waals surface area contributed by atoms with Crippen molar-refractivity contribution < 1.29 is 9.53 Å². The molecule has 1 amide bonds. The summed E-state index contributed by atoms with van der Waals surface area (Å²) in [6, 6.07) is 0.449. The van der Waals surface area contributed by atoms with Crippen molar-refractivity contribution >= 4 is 6.09 Å². The van der Waals surface area contributed by atoms with E-state index in [4.69, 9.17) is 4.74 Å². The van der Waals surface area contributed by atoms with Gasteiger partial charge in [-0.15, -0.1) is 0 Å². The summed E-state index contributed by atoms with van der Waals surface area (Å²) >= 11 is 0. The molecule has 0 spiro atoms. The molecule has 1 aliphatic rings. The topological polar surface area (TPSA) is 41.6 Å². The molecule has 1 fully saturated rings. The van der Waals surface area contributed by atoms with Crippen LogP contribution in [0.1, 0.15) is 33.6 Å². The molecule has 1 atom stereocenters. The molecule has 1 saturated heterocycles. The minimum absolute atomic E-state index is 0.0388. The quantitative estimate of drug-likeness (QED) is 0.773. The number of rotatable bonds is 4. The minimum atomic E-state index is -0.193. The van der Waals surface area contributed by atoms with Crippen molar-refractivity contribution in [3.05, 3.63) is 0 Å². The molecule has 0 radical (unpaired) electrons. The molecule has 0 saturated carbocycles. The fourth-order valence-electron chi connectivity index (χ4n) is 1.79. The smallest absolute Gasteiger partial charge is 0.410 e. The first-order valence-electron chi connectivity index (χ1n) is 5.82. The molecule has 88 valence electrons. The van der Waals surface area contributed by atoms with E-state index >= 15 is 0 Å². The SMILES string of the molecule is CCN(CC1CCCN1)C(=O)OC(C)C. The van der Waals surface area contributed by atoms with Crippen LogP contribution in [0.3, 0.4) is 0 Å². The first-order chi connectivity index (χ1) is 7.13. The second kappa shape index (κ2) is 5.95. The summed E-state index contributed by atoms with van der Waals surface area (Å²) in [7, 11) is 0. The summed E-state index contributed by atoms with van der Waals surface area (Å²) < 4.78 is 5.17. The van der Waals surface area contributed by atoms with Crippen molar-refractivity contribution in [2.45, 2.75) is 45.8 Å². The van der Waals surface area contributed by atoms with Gasteiger partial charge in [0.2, 0.25) is 0 Å². The summed E-state index contributed by atoms with van der Waals surface area (Å²) in [4.78, 5) is 13.4. The fraction of sp³-hybridized carbons (Fsp3) is 0.909. The lowest BCUT2D eigenvalue weighted by molar-refractivity contribution is 0.0760. The van der Waals surface area contributed by atoms with Gasteiger partial charge in [0.1, 0.15) is 0 Å². The van der Waals surface area contributed by atoms with Crippen molar-refractivity contribution in [3.63, 3.8) is 0 Å². The van der Waals surface area contributed by atoms with E-state index in [0.717, 1.165) is 19.5 Å². The lowest BCUT2D eigenvalue weighted by atomic mass is 10.2.